The number of primary amides is 1. The van der Waals surface area contributed by atoms with E-state index >= 15 is 0 Å². The van der Waals surface area contributed by atoms with Crippen molar-refractivity contribution in [3.63, 3.8) is 0 Å². The van der Waals surface area contributed by atoms with Gasteiger partial charge in [0.25, 0.3) is 11.8 Å². The molecular formula is C15H15FN4O3S. The van der Waals surface area contributed by atoms with Crippen molar-refractivity contribution in [2.75, 3.05) is 5.73 Å². The van der Waals surface area contributed by atoms with E-state index in [-0.39, 0.29) is 40.6 Å². The van der Waals surface area contributed by atoms with Gasteiger partial charge in [0.2, 0.25) is 5.88 Å². The lowest BCUT2D eigenvalue weighted by atomic mass is 10.1. The van der Waals surface area contributed by atoms with Gasteiger partial charge >= 0.3 is 0 Å². The van der Waals surface area contributed by atoms with Crippen LogP contribution in [0.25, 0.3) is 0 Å². The Morgan fingerprint density at radius 3 is 2.83 bits per heavy atom. The van der Waals surface area contributed by atoms with Gasteiger partial charge in [-0.15, -0.1) is 0 Å². The number of carbonyl (C=O) groups excluding carboxylic acids is 2. The number of hydrogen-bond donors (Lipinski definition) is 3. The second kappa shape index (κ2) is 6.44. The zero-order valence-corrected chi connectivity index (χ0v) is 13.4. The summed E-state index contributed by atoms with van der Waals surface area (Å²) >= 11 is 0.865. The molecule has 0 radical (unpaired) electrons. The lowest BCUT2D eigenvalue weighted by Crippen LogP contribution is -2.25. The van der Waals surface area contributed by atoms with Crippen molar-refractivity contribution < 1.29 is 18.7 Å². The van der Waals surface area contributed by atoms with Gasteiger partial charge in [-0.3, -0.25) is 9.59 Å². The van der Waals surface area contributed by atoms with Gasteiger partial charge in [-0.25, -0.2) is 4.39 Å². The molecule has 1 heterocycles. The summed E-state index contributed by atoms with van der Waals surface area (Å²) in [5, 5.41) is 2.96. The first-order valence-corrected chi connectivity index (χ1v) is 8.00. The first-order chi connectivity index (χ1) is 11.5. The molecule has 5 N–H and O–H groups in total. The highest BCUT2D eigenvalue weighted by molar-refractivity contribution is 7.10. The van der Waals surface area contributed by atoms with Crippen LogP contribution in [0.3, 0.4) is 0 Å². The predicted molar refractivity (Wildman–Crippen MR) is 86.3 cm³/mol. The molecule has 1 aliphatic carbocycles. The lowest BCUT2D eigenvalue weighted by molar-refractivity contribution is 0.0949. The largest absolute Gasteiger partial charge is 0.471 e. The Morgan fingerprint density at radius 1 is 1.42 bits per heavy atom. The molecule has 9 heteroatoms. The lowest BCUT2D eigenvalue weighted by Gasteiger charge is -2.09. The zero-order chi connectivity index (χ0) is 17.3. The highest BCUT2D eigenvalue weighted by Crippen LogP contribution is 2.28. The van der Waals surface area contributed by atoms with E-state index in [0.29, 0.717) is 5.56 Å². The Hall–Kier alpha value is -2.68. The van der Waals surface area contributed by atoms with Crippen LogP contribution in [0.1, 0.15) is 39.1 Å². The zero-order valence-electron chi connectivity index (χ0n) is 12.5. The molecule has 1 aliphatic rings. The molecule has 126 valence electrons. The first kappa shape index (κ1) is 16.2. The molecule has 7 nitrogen and oxygen atoms in total. The van der Waals surface area contributed by atoms with Crippen molar-refractivity contribution in [2.24, 2.45) is 5.73 Å². The van der Waals surface area contributed by atoms with E-state index in [4.69, 9.17) is 16.2 Å². The number of aromatic nitrogens is 1. The number of anilines is 1. The molecule has 2 aromatic rings. The maximum Gasteiger partial charge on any atom is 0.257 e. The fourth-order valence-electron chi connectivity index (χ4n) is 2.08. The quantitative estimate of drug-likeness (QED) is 0.728. The number of nitrogens with one attached hydrogen (secondary N) is 1. The van der Waals surface area contributed by atoms with Crippen LogP contribution in [0.5, 0.6) is 5.88 Å². The van der Waals surface area contributed by atoms with E-state index in [1.54, 1.807) is 0 Å². The SMILES string of the molecule is NC(=O)c1c(OCc2cc(C(=O)NC3CC3)ccc2F)nsc1N. The number of ether oxygens (including phenoxy) is 1. The van der Waals surface area contributed by atoms with E-state index in [1.807, 2.05) is 0 Å². The Balaban J connectivity index is 1.75. The average Bonchev–Trinajstić information content (AvgIpc) is 3.26. The van der Waals surface area contributed by atoms with Crippen molar-refractivity contribution >= 4 is 28.3 Å². The third kappa shape index (κ3) is 3.46. The number of halogens is 1. The fraction of sp³-hybridized carbons (Fsp3) is 0.267. The number of benzene rings is 1. The normalized spacial score (nSPS) is 13.5. The third-order valence-electron chi connectivity index (χ3n) is 3.52. The van der Waals surface area contributed by atoms with Gasteiger partial charge in [0.1, 0.15) is 23.0 Å². The molecule has 0 unspecified atom stereocenters. The van der Waals surface area contributed by atoms with Crippen LogP contribution in [-0.4, -0.2) is 22.2 Å². The number of nitrogen functional groups attached to an aromatic ring is 1. The Labute approximate surface area is 141 Å². The van der Waals surface area contributed by atoms with Gasteiger partial charge in [0, 0.05) is 17.2 Å². The van der Waals surface area contributed by atoms with E-state index in [2.05, 4.69) is 9.69 Å². The topological polar surface area (TPSA) is 120 Å². The molecule has 2 amide bonds. The second-order valence-electron chi connectivity index (χ2n) is 5.43. The minimum absolute atomic E-state index is 0.0250. The summed E-state index contributed by atoms with van der Waals surface area (Å²) in [6, 6.07) is 4.22. The molecule has 0 aliphatic heterocycles. The molecule has 24 heavy (non-hydrogen) atoms. The molecule has 3 rings (SSSR count). The smallest absolute Gasteiger partial charge is 0.257 e. The van der Waals surface area contributed by atoms with Crippen LogP contribution in [0.15, 0.2) is 18.2 Å². The van der Waals surface area contributed by atoms with Crippen LogP contribution >= 0.6 is 11.5 Å². The van der Waals surface area contributed by atoms with Crippen LogP contribution < -0.4 is 21.5 Å². The highest BCUT2D eigenvalue weighted by atomic mass is 32.1. The van der Waals surface area contributed by atoms with E-state index < -0.39 is 11.7 Å². The minimum Gasteiger partial charge on any atom is -0.471 e. The van der Waals surface area contributed by atoms with Gasteiger partial charge in [0.05, 0.1) is 0 Å². The molecule has 1 aromatic carbocycles. The second-order valence-corrected chi connectivity index (χ2v) is 6.24. The minimum atomic E-state index is -0.769. The van der Waals surface area contributed by atoms with Gasteiger partial charge in [-0.1, -0.05) is 0 Å². The number of nitrogens with zero attached hydrogens (tertiary/aromatic N) is 1. The van der Waals surface area contributed by atoms with E-state index in [0.717, 1.165) is 24.4 Å². The third-order valence-corrected chi connectivity index (χ3v) is 4.18. The van der Waals surface area contributed by atoms with Crippen LogP contribution in [0, 0.1) is 5.82 Å². The fourth-order valence-corrected chi connectivity index (χ4v) is 2.69. The number of amides is 2. The number of nitrogens with two attached hydrogens (primary N) is 2. The van der Waals surface area contributed by atoms with Gasteiger partial charge < -0.3 is 21.5 Å². The molecule has 0 bridgehead atoms. The molecular weight excluding hydrogens is 335 g/mol. The van der Waals surface area contributed by atoms with Crippen molar-refractivity contribution in [2.45, 2.75) is 25.5 Å². The highest BCUT2D eigenvalue weighted by Gasteiger charge is 2.24. The summed E-state index contributed by atoms with van der Waals surface area (Å²) in [6.07, 6.45) is 1.92. The number of hydrogen-bond acceptors (Lipinski definition) is 6. The molecule has 0 atom stereocenters. The number of carbonyl (C=O) groups is 2. The molecule has 0 saturated heterocycles. The van der Waals surface area contributed by atoms with Gasteiger partial charge in [-0.2, -0.15) is 4.37 Å². The standard InChI is InChI=1S/C15H15FN4O3S/c16-10-4-1-7(14(22)19-9-2-3-9)5-8(10)6-23-15-11(12(17)21)13(18)24-20-15/h1,4-5,9H,2-3,6,18H2,(H2,17,21)(H,19,22). The number of rotatable bonds is 6. The maximum absolute atomic E-state index is 13.9. The Kier molecular flexibility index (Phi) is 4.34. The Morgan fingerprint density at radius 2 is 2.17 bits per heavy atom. The summed E-state index contributed by atoms with van der Waals surface area (Å²) in [7, 11) is 0. The first-order valence-electron chi connectivity index (χ1n) is 7.22. The molecule has 1 aromatic heterocycles. The van der Waals surface area contributed by atoms with E-state index in [1.165, 1.54) is 18.2 Å². The van der Waals surface area contributed by atoms with Crippen molar-refractivity contribution in [3.8, 4) is 5.88 Å². The van der Waals surface area contributed by atoms with Gasteiger partial charge in [-0.05, 0) is 42.6 Å². The predicted octanol–water partition coefficient (Wildman–Crippen LogP) is 1.43. The van der Waals surface area contributed by atoms with Crippen molar-refractivity contribution in [1.29, 1.82) is 0 Å². The van der Waals surface area contributed by atoms with Gasteiger partial charge in [0.15, 0.2) is 0 Å². The monoisotopic (exact) mass is 350 g/mol. The van der Waals surface area contributed by atoms with Crippen LogP contribution in [0.4, 0.5) is 9.39 Å². The van der Waals surface area contributed by atoms with Crippen LogP contribution in [0.2, 0.25) is 0 Å². The molecule has 1 saturated carbocycles. The van der Waals surface area contributed by atoms with Crippen molar-refractivity contribution in [1.82, 2.24) is 9.69 Å². The average molecular weight is 350 g/mol. The summed E-state index contributed by atoms with van der Waals surface area (Å²) in [5.41, 5.74) is 11.3. The van der Waals surface area contributed by atoms with E-state index in [9.17, 15) is 14.0 Å². The summed E-state index contributed by atoms with van der Waals surface area (Å²) in [5.74, 6) is -1.59. The Bertz CT molecular complexity index is 804. The summed E-state index contributed by atoms with van der Waals surface area (Å²) < 4.78 is 23.2. The maximum atomic E-state index is 13.9. The molecule has 1 fully saturated rings. The summed E-state index contributed by atoms with van der Waals surface area (Å²) in [6.45, 7) is -0.208. The van der Waals surface area contributed by atoms with Crippen molar-refractivity contribution in [3.05, 3.63) is 40.7 Å². The molecule has 0 spiro atoms. The summed E-state index contributed by atoms with van der Waals surface area (Å²) in [4.78, 5) is 23.4. The van der Waals surface area contributed by atoms with Crippen LogP contribution in [-0.2, 0) is 6.61 Å².